The summed E-state index contributed by atoms with van der Waals surface area (Å²) in [5, 5.41) is 0. The van der Waals surface area contributed by atoms with Crippen molar-refractivity contribution in [2.45, 2.75) is 10.6 Å². The van der Waals surface area contributed by atoms with Gasteiger partial charge >= 0.3 is 0 Å². The molecular weight excluding hydrogens is 232 g/mol. The molecular formula is C11H9F2NOS. The maximum absolute atomic E-state index is 13.1. The highest BCUT2D eigenvalue weighted by Gasteiger charge is 2.09. The van der Waals surface area contributed by atoms with E-state index >= 15 is 0 Å². The van der Waals surface area contributed by atoms with E-state index < -0.39 is 11.6 Å². The fourth-order valence-corrected chi connectivity index (χ4v) is 2.14. The molecule has 0 aliphatic carbocycles. The summed E-state index contributed by atoms with van der Waals surface area (Å²) in [6, 6.07) is 5.53. The minimum absolute atomic E-state index is 0.0297. The third kappa shape index (κ3) is 2.36. The summed E-state index contributed by atoms with van der Waals surface area (Å²) >= 11 is 1.23. The van der Waals surface area contributed by atoms with Crippen LogP contribution in [0.2, 0.25) is 0 Å². The Bertz CT molecular complexity index is 485. The van der Waals surface area contributed by atoms with Gasteiger partial charge in [0.15, 0.2) is 0 Å². The van der Waals surface area contributed by atoms with Gasteiger partial charge in [0.1, 0.15) is 17.4 Å². The second-order valence-corrected chi connectivity index (χ2v) is 4.18. The molecule has 1 aromatic heterocycles. The normalized spacial score (nSPS) is 10.6. The molecule has 0 bridgehead atoms. The average Bonchev–Trinajstić information content (AvgIpc) is 2.74. The molecule has 1 heterocycles. The van der Waals surface area contributed by atoms with Crippen molar-refractivity contribution in [1.82, 2.24) is 0 Å². The van der Waals surface area contributed by atoms with E-state index in [2.05, 4.69) is 0 Å². The van der Waals surface area contributed by atoms with Crippen LogP contribution in [0.1, 0.15) is 5.76 Å². The van der Waals surface area contributed by atoms with Gasteiger partial charge in [-0.25, -0.2) is 8.78 Å². The van der Waals surface area contributed by atoms with Crippen molar-refractivity contribution in [2.24, 2.45) is 0 Å². The molecule has 0 unspecified atom stereocenters. The predicted molar refractivity (Wildman–Crippen MR) is 59.0 cm³/mol. The monoisotopic (exact) mass is 241 g/mol. The highest BCUT2D eigenvalue weighted by atomic mass is 32.2. The van der Waals surface area contributed by atoms with E-state index in [0.717, 1.165) is 11.8 Å². The summed E-state index contributed by atoms with van der Waals surface area (Å²) in [5.41, 5.74) is 5.47. The molecule has 0 saturated heterocycles. The second kappa shape index (κ2) is 4.57. The van der Waals surface area contributed by atoms with Crippen LogP contribution in [0, 0.1) is 11.6 Å². The van der Waals surface area contributed by atoms with E-state index in [9.17, 15) is 8.78 Å². The third-order valence-corrected chi connectivity index (χ3v) is 3.08. The molecule has 5 heteroatoms. The minimum atomic E-state index is -0.734. The number of hydrogen-bond donors (Lipinski definition) is 1. The lowest BCUT2D eigenvalue weighted by atomic mass is 10.3. The fourth-order valence-electron chi connectivity index (χ4n) is 1.22. The van der Waals surface area contributed by atoms with Gasteiger partial charge in [0.25, 0.3) is 0 Å². The van der Waals surface area contributed by atoms with Gasteiger partial charge in [0.05, 0.1) is 17.7 Å². The number of rotatable bonds is 3. The van der Waals surface area contributed by atoms with E-state index in [1.807, 2.05) is 0 Å². The van der Waals surface area contributed by atoms with Crippen LogP contribution in [0.25, 0.3) is 0 Å². The summed E-state index contributed by atoms with van der Waals surface area (Å²) in [7, 11) is 0. The number of benzene rings is 1. The van der Waals surface area contributed by atoms with E-state index in [-0.39, 0.29) is 5.69 Å². The molecule has 0 aliphatic heterocycles. The van der Waals surface area contributed by atoms with Crippen molar-refractivity contribution in [2.75, 3.05) is 5.73 Å². The first-order chi connectivity index (χ1) is 7.66. The second-order valence-electron chi connectivity index (χ2n) is 3.17. The first-order valence-corrected chi connectivity index (χ1v) is 5.55. The Morgan fingerprint density at radius 1 is 1.31 bits per heavy atom. The van der Waals surface area contributed by atoms with Gasteiger partial charge in [-0.3, -0.25) is 0 Å². The lowest BCUT2D eigenvalue weighted by molar-refractivity contribution is 0.530. The van der Waals surface area contributed by atoms with Crippen molar-refractivity contribution in [3.05, 3.63) is 47.9 Å². The average molecular weight is 241 g/mol. The highest BCUT2D eigenvalue weighted by molar-refractivity contribution is 7.98. The molecule has 0 aliphatic rings. The largest absolute Gasteiger partial charge is 0.468 e. The Morgan fingerprint density at radius 2 is 2.12 bits per heavy atom. The Morgan fingerprint density at radius 3 is 2.81 bits per heavy atom. The van der Waals surface area contributed by atoms with Gasteiger partial charge in [-0.1, -0.05) is 0 Å². The van der Waals surface area contributed by atoms with Crippen molar-refractivity contribution in [3.63, 3.8) is 0 Å². The lowest BCUT2D eigenvalue weighted by Crippen LogP contribution is -1.95. The van der Waals surface area contributed by atoms with Crippen LogP contribution in [-0.2, 0) is 5.75 Å². The Kier molecular flexibility index (Phi) is 3.14. The predicted octanol–water partition coefficient (Wildman–Crippen LogP) is 3.43. The molecule has 16 heavy (non-hydrogen) atoms. The molecule has 0 spiro atoms. The topological polar surface area (TPSA) is 39.2 Å². The molecule has 2 nitrogen and oxygen atoms in total. The van der Waals surface area contributed by atoms with Crippen LogP contribution in [0.5, 0.6) is 0 Å². The number of furan rings is 1. The molecule has 0 atom stereocenters. The van der Waals surface area contributed by atoms with Gasteiger partial charge in [0, 0.05) is 11.0 Å². The van der Waals surface area contributed by atoms with Crippen LogP contribution in [0.4, 0.5) is 14.5 Å². The molecule has 84 valence electrons. The number of halogens is 2. The van der Waals surface area contributed by atoms with Crippen molar-refractivity contribution in [1.29, 1.82) is 0 Å². The van der Waals surface area contributed by atoms with Crippen LogP contribution in [0.15, 0.2) is 39.8 Å². The SMILES string of the molecule is Nc1c(F)cc(F)cc1SCc1ccco1. The molecule has 0 saturated carbocycles. The molecule has 0 fully saturated rings. The van der Waals surface area contributed by atoms with Gasteiger partial charge in [-0.2, -0.15) is 0 Å². The van der Waals surface area contributed by atoms with Gasteiger partial charge in [-0.05, 0) is 18.2 Å². The van der Waals surface area contributed by atoms with Crippen LogP contribution >= 0.6 is 11.8 Å². The first kappa shape index (κ1) is 11.0. The quantitative estimate of drug-likeness (QED) is 0.661. The number of nitrogen functional groups attached to an aromatic ring is 1. The minimum Gasteiger partial charge on any atom is -0.468 e. The molecule has 2 N–H and O–H groups in total. The zero-order valence-electron chi connectivity index (χ0n) is 8.24. The Hall–Kier alpha value is -1.49. The Balaban J connectivity index is 2.15. The van der Waals surface area contributed by atoms with E-state index in [1.54, 1.807) is 18.4 Å². The fraction of sp³-hybridized carbons (Fsp3) is 0.0909. The summed E-state index contributed by atoms with van der Waals surface area (Å²) < 4.78 is 31.2. The molecule has 0 amide bonds. The summed E-state index contributed by atoms with van der Waals surface area (Å²) in [6.45, 7) is 0. The summed E-state index contributed by atoms with van der Waals surface area (Å²) in [6.07, 6.45) is 1.55. The maximum atomic E-state index is 13.1. The zero-order valence-corrected chi connectivity index (χ0v) is 9.06. The number of nitrogens with two attached hydrogens (primary N) is 1. The molecule has 1 aromatic carbocycles. The lowest BCUT2D eigenvalue weighted by Gasteiger charge is -2.05. The van der Waals surface area contributed by atoms with E-state index in [0.29, 0.717) is 10.6 Å². The van der Waals surface area contributed by atoms with Crippen LogP contribution in [-0.4, -0.2) is 0 Å². The smallest absolute Gasteiger partial charge is 0.150 e. The number of anilines is 1. The molecule has 0 radical (unpaired) electrons. The van der Waals surface area contributed by atoms with Crippen LogP contribution < -0.4 is 5.73 Å². The van der Waals surface area contributed by atoms with E-state index in [4.69, 9.17) is 10.2 Å². The number of thioether (sulfide) groups is 1. The molecule has 2 aromatic rings. The van der Waals surface area contributed by atoms with E-state index in [1.165, 1.54) is 17.8 Å². The Labute approximate surface area is 95.4 Å². The van der Waals surface area contributed by atoms with Gasteiger partial charge in [0.2, 0.25) is 0 Å². The summed E-state index contributed by atoms with van der Waals surface area (Å²) in [4.78, 5) is 0.383. The van der Waals surface area contributed by atoms with Crippen molar-refractivity contribution < 1.29 is 13.2 Å². The van der Waals surface area contributed by atoms with Gasteiger partial charge in [-0.15, -0.1) is 11.8 Å². The highest BCUT2D eigenvalue weighted by Crippen LogP contribution is 2.30. The number of hydrogen-bond acceptors (Lipinski definition) is 3. The van der Waals surface area contributed by atoms with Crippen molar-refractivity contribution in [3.8, 4) is 0 Å². The molecule has 2 rings (SSSR count). The summed E-state index contributed by atoms with van der Waals surface area (Å²) in [5.74, 6) is -0.148. The third-order valence-electron chi connectivity index (χ3n) is 2.01. The maximum Gasteiger partial charge on any atom is 0.150 e. The standard InChI is InChI=1S/C11H9F2NOS/c12-7-4-9(13)11(14)10(5-7)16-6-8-2-1-3-15-8/h1-5H,6,14H2. The van der Waals surface area contributed by atoms with Gasteiger partial charge < -0.3 is 10.2 Å². The van der Waals surface area contributed by atoms with Crippen molar-refractivity contribution >= 4 is 17.4 Å². The first-order valence-electron chi connectivity index (χ1n) is 4.56. The van der Waals surface area contributed by atoms with Crippen LogP contribution in [0.3, 0.4) is 0 Å². The zero-order chi connectivity index (χ0) is 11.5.